The van der Waals surface area contributed by atoms with E-state index in [-0.39, 0.29) is 17.6 Å². The Morgan fingerprint density at radius 1 is 1.52 bits per heavy atom. The molecule has 1 saturated heterocycles. The summed E-state index contributed by atoms with van der Waals surface area (Å²) in [5.41, 5.74) is -0.502. The van der Waals surface area contributed by atoms with Gasteiger partial charge in [0.05, 0.1) is 17.9 Å². The van der Waals surface area contributed by atoms with E-state index in [1.54, 1.807) is 0 Å². The number of rotatable bonds is 5. The lowest BCUT2D eigenvalue weighted by molar-refractivity contribution is -0.109. The normalized spacial score (nSPS) is 23.3. The van der Waals surface area contributed by atoms with Crippen molar-refractivity contribution in [1.29, 1.82) is 0 Å². The minimum absolute atomic E-state index is 0.0527. The molecule has 1 aromatic rings. The molecule has 1 unspecified atom stereocenters. The summed E-state index contributed by atoms with van der Waals surface area (Å²) in [4.78, 5) is 0.185. The topological polar surface area (TPSA) is 84.7 Å². The van der Waals surface area contributed by atoms with Crippen molar-refractivity contribution >= 4 is 10.0 Å². The number of hydrogen-bond donors (Lipinski definition) is 1. The molecule has 0 aliphatic carbocycles. The molecule has 1 aromatic heterocycles. The summed E-state index contributed by atoms with van der Waals surface area (Å²) in [7, 11) is -3.56. The van der Waals surface area contributed by atoms with Crippen LogP contribution >= 0.6 is 0 Å². The fourth-order valence-electron chi connectivity index (χ4n) is 2.56. The summed E-state index contributed by atoms with van der Waals surface area (Å²) in [6.45, 7) is 6.85. The van der Waals surface area contributed by atoms with Gasteiger partial charge in [-0.15, -0.1) is 0 Å². The summed E-state index contributed by atoms with van der Waals surface area (Å²) in [5.74, 6) is 0. The molecule has 2 heterocycles. The zero-order chi connectivity index (χ0) is 15.7. The van der Waals surface area contributed by atoms with Crippen LogP contribution in [0.15, 0.2) is 17.3 Å². The van der Waals surface area contributed by atoms with Crippen LogP contribution in [0.25, 0.3) is 0 Å². The van der Waals surface area contributed by atoms with Crippen LogP contribution in [0.5, 0.6) is 0 Å². The Kier molecular flexibility index (Phi) is 4.72. The highest BCUT2D eigenvalue weighted by atomic mass is 32.2. The Morgan fingerprint density at radius 3 is 2.86 bits per heavy atom. The second-order valence-electron chi connectivity index (χ2n) is 6.00. The van der Waals surface area contributed by atoms with Crippen molar-refractivity contribution in [3.05, 3.63) is 12.4 Å². The third-order valence-corrected chi connectivity index (χ3v) is 5.10. The van der Waals surface area contributed by atoms with Crippen molar-refractivity contribution in [2.24, 2.45) is 0 Å². The second-order valence-corrected chi connectivity index (χ2v) is 7.94. The van der Waals surface area contributed by atoms with Gasteiger partial charge in [-0.1, -0.05) is 0 Å². The first-order valence-electron chi connectivity index (χ1n) is 7.06. The largest absolute Gasteiger partial charge is 0.396 e. The van der Waals surface area contributed by atoms with E-state index in [0.29, 0.717) is 26.1 Å². The van der Waals surface area contributed by atoms with Crippen LogP contribution in [0, 0.1) is 0 Å². The number of sulfonamides is 1. The molecule has 2 rings (SSSR count). The van der Waals surface area contributed by atoms with Gasteiger partial charge in [0.25, 0.3) is 0 Å². The Balaban J connectivity index is 2.19. The van der Waals surface area contributed by atoms with Gasteiger partial charge in [-0.2, -0.15) is 9.40 Å². The van der Waals surface area contributed by atoms with Crippen molar-refractivity contribution in [2.75, 3.05) is 19.7 Å². The number of morpholine rings is 1. The highest BCUT2D eigenvalue weighted by molar-refractivity contribution is 7.89. The molecule has 120 valence electrons. The molecule has 0 aromatic carbocycles. The third-order valence-electron chi connectivity index (χ3n) is 3.33. The third kappa shape index (κ3) is 3.82. The van der Waals surface area contributed by atoms with E-state index in [1.165, 1.54) is 21.4 Å². The maximum atomic E-state index is 12.7. The van der Waals surface area contributed by atoms with Crippen LogP contribution in [-0.4, -0.2) is 59.0 Å². The average Bonchev–Trinajstić information content (AvgIpc) is 2.83. The Bertz CT molecular complexity index is 582. The molecule has 0 spiro atoms. The molecule has 7 nitrogen and oxygen atoms in total. The molecule has 8 heteroatoms. The van der Waals surface area contributed by atoms with E-state index >= 15 is 0 Å². The second kappa shape index (κ2) is 6.04. The van der Waals surface area contributed by atoms with Gasteiger partial charge < -0.3 is 9.84 Å². The van der Waals surface area contributed by atoms with Crippen molar-refractivity contribution in [1.82, 2.24) is 14.1 Å². The summed E-state index contributed by atoms with van der Waals surface area (Å²) >= 11 is 0. The maximum Gasteiger partial charge on any atom is 0.246 e. The smallest absolute Gasteiger partial charge is 0.246 e. The summed E-state index contributed by atoms with van der Waals surface area (Å²) < 4.78 is 34.1. The predicted octanol–water partition coefficient (Wildman–Crippen LogP) is 0.453. The van der Waals surface area contributed by atoms with Crippen LogP contribution in [0.4, 0.5) is 0 Å². The van der Waals surface area contributed by atoms with Crippen LogP contribution < -0.4 is 0 Å². The van der Waals surface area contributed by atoms with E-state index < -0.39 is 15.6 Å². The number of aliphatic hydroxyl groups is 1. The Labute approximate surface area is 125 Å². The molecule has 1 aliphatic rings. The Morgan fingerprint density at radius 2 is 2.24 bits per heavy atom. The van der Waals surface area contributed by atoms with Crippen molar-refractivity contribution in [2.45, 2.75) is 50.3 Å². The van der Waals surface area contributed by atoms with E-state index in [4.69, 9.17) is 9.84 Å². The molecule has 0 radical (unpaired) electrons. The first-order valence-corrected chi connectivity index (χ1v) is 8.50. The lowest BCUT2D eigenvalue weighted by atomic mass is 10.1. The summed E-state index contributed by atoms with van der Waals surface area (Å²) in [6.07, 6.45) is 3.27. The van der Waals surface area contributed by atoms with Gasteiger partial charge in [-0.3, -0.25) is 4.68 Å². The number of aliphatic hydroxyl groups excluding tert-OH is 1. The number of aryl methyl sites for hydroxylation is 1. The zero-order valence-corrected chi connectivity index (χ0v) is 13.5. The van der Waals surface area contributed by atoms with Gasteiger partial charge in [-0.25, -0.2) is 8.42 Å². The summed E-state index contributed by atoms with van der Waals surface area (Å²) in [6, 6.07) is 0. The number of aromatic nitrogens is 2. The number of ether oxygens (including phenoxy) is 1. The van der Waals surface area contributed by atoms with E-state index in [0.717, 1.165) is 0 Å². The van der Waals surface area contributed by atoms with Gasteiger partial charge in [0.2, 0.25) is 10.0 Å². The van der Waals surface area contributed by atoms with Crippen molar-refractivity contribution in [3.63, 3.8) is 0 Å². The first-order chi connectivity index (χ1) is 9.74. The molecular formula is C13H23N3O4S. The molecule has 0 amide bonds. The van der Waals surface area contributed by atoms with Crippen LogP contribution in [-0.2, 0) is 21.3 Å². The van der Waals surface area contributed by atoms with Gasteiger partial charge >= 0.3 is 0 Å². The highest BCUT2D eigenvalue weighted by Gasteiger charge is 2.38. The van der Waals surface area contributed by atoms with Crippen molar-refractivity contribution < 1.29 is 18.3 Å². The lowest BCUT2D eigenvalue weighted by Gasteiger charge is -2.40. The number of nitrogens with zero attached hydrogens (tertiary/aromatic N) is 3. The molecule has 0 saturated carbocycles. The van der Waals surface area contributed by atoms with Gasteiger partial charge in [-0.05, 0) is 27.2 Å². The lowest BCUT2D eigenvalue weighted by Crippen LogP contribution is -2.53. The molecule has 0 bridgehead atoms. The van der Waals surface area contributed by atoms with Gasteiger partial charge in [0.1, 0.15) is 4.90 Å². The summed E-state index contributed by atoms with van der Waals surface area (Å²) in [5, 5.41) is 12.8. The highest BCUT2D eigenvalue weighted by Crippen LogP contribution is 2.26. The van der Waals surface area contributed by atoms with Crippen LogP contribution in [0.2, 0.25) is 0 Å². The maximum absolute atomic E-state index is 12.7. The average molecular weight is 317 g/mol. The van der Waals surface area contributed by atoms with Gasteiger partial charge in [0, 0.05) is 32.4 Å². The quantitative estimate of drug-likeness (QED) is 0.852. The first kappa shape index (κ1) is 16.4. The van der Waals surface area contributed by atoms with Crippen LogP contribution in [0.1, 0.15) is 27.2 Å². The predicted molar refractivity (Wildman–Crippen MR) is 77.3 cm³/mol. The molecular weight excluding hydrogens is 294 g/mol. The monoisotopic (exact) mass is 317 g/mol. The minimum Gasteiger partial charge on any atom is -0.396 e. The van der Waals surface area contributed by atoms with Crippen molar-refractivity contribution in [3.8, 4) is 0 Å². The zero-order valence-electron chi connectivity index (χ0n) is 12.7. The fourth-order valence-corrected chi connectivity index (χ4v) is 4.18. The van der Waals surface area contributed by atoms with E-state index in [2.05, 4.69) is 5.10 Å². The Hall–Kier alpha value is -0.960. The molecule has 1 atom stereocenters. The SMILES string of the molecule is CC1CN(S(=O)(=O)c2cnn(CCCO)c2)CC(C)(C)O1. The fraction of sp³-hybridized carbons (Fsp3) is 0.769. The number of hydrogen-bond acceptors (Lipinski definition) is 5. The van der Waals surface area contributed by atoms with Gasteiger partial charge in [0.15, 0.2) is 0 Å². The molecule has 1 fully saturated rings. The minimum atomic E-state index is -3.56. The molecule has 1 N–H and O–H groups in total. The van der Waals surface area contributed by atoms with E-state index in [1.807, 2.05) is 20.8 Å². The molecule has 21 heavy (non-hydrogen) atoms. The standard InChI is InChI=1S/C13H23N3O4S/c1-11-8-16(10-13(2,3)20-11)21(18,19)12-7-14-15(9-12)5-4-6-17/h7,9,11,17H,4-6,8,10H2,1-3H3. The molecule has 1 aliphatic heterocycles. The van der Waals surface area contributed by atoms with Crippen LogP contribution in [0.3, 0.4) is 0 Å². The van der Waals surface area contributed by atoms with E-state index in [9.17, 15) is 8.42 Å².